The molecule has 0 atom stereocenters. The Morgan fingerprint density at radius 3 is 2.33 bits per heavy atom. The van der Waals surface area contributed by atoms with Crippen LogP contribution in [0.4, 0.5) is 0 Å². The summed E-state index contributed by atoms with van der Waals surface area (Å²) in [5.41, 5.74) is 3.39. The van der Waals surface area contributed by atoms with E-state index in [1.165, 1.54) is 4.31 Å². The van der Waals surface area contributed by atoms with Crippen LogP contribution in [-0.2, 0) is 16.4 Å². The Bertz CT molecular complexity index is 1130. The average molecular weight is 428 g/mol. The number of amides is 1. The normalized spacial score (nSPS) is 14.7. The maximum Gasteiger partial charge on any atom is 0.274 e. The van der Waals surface area contributed by atoms with Crippen molar-refractivity contribution in [3.63, 3.8) is 0 Å². The van der Waals surface area contributed by atoms with E-state index in [-0.39, 0.29) is 4.90 Å². The molecular weight excluding hydrogens is 408 g/mol. The molecule has 1 amide bonds. The van der Waals surface area contributed by atoms with E-state index in [0.29, 0.717) is 42.4 Å². The number of sulfonamides is 1. The summed E-state index contributed by atoms with van der Waals surface area (Å²) in [4.78, 5) is 11.6. The summed E-state index contributed by atoms with van der Waals surface area (Å²) in [6.45, 7) is 1.12. The average Bonchev–Trinajstić information content (AvgIpc) is 3.47. The third kappa shape index (κ3) is 4.11. The van der Waals surface area contributed by atoms with Gasteiger partial charge in [-0.1, -0.05) is 12.1 Å². The van der Waals surface area contributed by atoms with E-state index in [4.69, 9.17) is 9.62 Å². The molecule has 10 heteroatoms. The highest BCUT2D eigenvalue weighted by Crippen LogP contribution is 2.24. The molecule has 0 saturated carbocycles. The molecule has 1 saturated heterocycles. The maximum absolute atomic E-state index is 12.6. The Hall–Kier alpha value is -3.08. The van der Waals surface area contributed by atoms with Crippen LogP contribution >= 0.6 is 0 Å². The van der Waals surface area contributed by atoms with Crippen LogP contribution in [0, 0.1) is 0 Å². The summed E-state index contributed by atoms with van der Waals surface area (Å²) < 4.78 is 32.4. The van der Waals surface area contributed by atoms with E-state index in [1.807, 2.05) is 0 Å². The molecule has 2 heterocycles. The summed E-state index contributed by atoms with van der Waals surface area (Å²) in [6, 6.07) is 13.0. The first kappa shape index (κ1) is 20.2. The van der Waals surface area contributed by atoms with E-state index in [2.05, 4.69) is 10.2 Å². The van der Waals surface area contributed by atoms with Gasteiger partial charge in [0.25, 0.3) is 5.91 Å². The van der Waals surface area contributed by atoms with Crippen LogP contribution in [0.2, 0.25) is 0 Å². The Morgan fingerprint density at radius 1 is 1.03 bits per heavy atom. The standard InChI is InChI=1S/C20H20N4O5S/c25-19(23-26)15-5-3-14(4-6-15)13-18-21-22-20(29-18)16-7-9-17(10-8-16)30(27,28)24-11-1-2-12-24/h3-10,26H,1-2,11-13H2,(H,23,25). The molecule has 0 radical (unpaired) electrons. The zero-order valence-electron chi connectivity index (χ0n) is 16.0. The fourth-order valence-electron chi connectivity index (χ4n) is 3.30. The second-order valence-corrected chi connectivity index (χ2v) is 8.89. The summed E-state index contributed by atoms with van der Waals surface area (Å²) in [6.07, 6.45) is 2.15. The molecule has 0 spiro atoms. The molecule has 1 aliphatic rings. The topological polar surface area (TPSA) is 126 Å². The Kier molecular flexibility index (Phi) is 5.62. The monoisotopic (exact) mass is 428 g/mol. The highest BCUT2D eigenvalue weighted by molar-refractivity contribution is 7.89. The van der Waals surface area contributed by atoms with Gasteiger partial charge in [-0.25, -0.2) is 13.9 Å². The van der Waals surface area contributed by atoms with Crippen molar-refractivity contribution in [3.8, 4) is 11.5 Å². The van der Waals surface area contributed by atoms with Gasteiger partial charge >= 0.3 is 0 Å². The van der Waals surface area contributed by atoms with Gasteiger partial charge in [0.2, 0.25) is 21.8 Å². The fraction of sp³-hybridized carbons (Fsp3) is 0.250. The summed E-state index contributed by atoms with van der Waals surface area (Å²) in [5, 5.41) is 16.7. The van der Waals surface area contributed by atoms with Crippen LogP contribution in [0.25, 0.3) is 11.5 Å². The highest BCUT2D eigenvalue weighted by atomic mass is 32.2. The molecule has 4 rings (SSSR count). The van der Waals surface area contributed by atoms with Gasteiger partial charge in [0.05, 0.1) is 11.3 Å². The van der Waals surface area contributed by atoms with Gasteiger partial charge in [0.1, 0.15) is 0 Å². The third-order valence-corrected chi connectivity index (χ3v) is 6.86. The van der Waals surface area contributed by atoms with Crippen molar-refractivity contribution in [2.75, 3.05) is 13.1 Å². The maximum atomic E-state index is 12.6. The van der Waals surface area contributed by atoms with Gasteiger partial charge in [0, 0.05) is 24.2 Å². The second-order valence-electron chi connectivity index (χ2n) is 6.95. The largest absolute Gasteiger partial charge is 0.420 e. The first-order chi connectivity index (χ1) is 14.5. The number of benzene rings is 2. The van der Waals surface area contributed by atoms with E-state index in [0.717, 1.165) is 18.4 Å². The number of hydrogen-bond donors (Lipinski definition) is 2. The minimum Gasteiger partial charge on any atom is -0.420 e. The Morgan fingerprint density at radius 2 is 1.70 bits per heavy atom. The molecule has 1 fully saturated rings. The predicted molar refractivity (Wildman–Crippen MR) is 106 cm³/mol. The predicted octanol–water partition coefficient (Wildman–Crippen LogP) is 2.23. The molecule has 30 heavy (non-hydrogen) atoms. The van der Waals surface area contributed by atoms with Gasteiger partial charge in [-0.05, 0) is 54.8 Å². The number of hydroxylamine groups is 1. The molecule has 2 aromatic carbocycles. The molecule has 0 unspecified atom stereocenters. The van der Waals surface area contributed by atoms with Crippen molar-refractivity contribution in [1.82, 2.24) is 20.0 Å². The lowest BCUT2D eigenvalue weighted by molar-refractivity contribution is 0.0706. The lowest BCUT2D eigenvalue weighted by Gasteiger charge is -2.15. The molecule has 2 N–H and O–H groups in total. The quantitative estimate of drug-likeness (QED) is 0.455. The highest BCUT2D eigenvalue weighted by Gasteiger charge is 2.27. The summed E-state index contributed by atoms with van der Waals surface area (Å²) in [7, 11) is -3.46. The summed E-state index contributed by atoms with van der Waals surface area (Å²) in [5.74, 6) is 0.0985. The molecule has 3 aromatic rings. The number of aromatic nitrogens is 2. The van der Waals surface area contributed by atoms with E-state index in [1.54, 1.807) is 54.0 Å². The zero-order chi connectivity index (χ0) is 21.1. The van der Waals surface area contributed by atoms with Crippen LogP contribution in [0.3, 0.4) is 0 Å². The lowest BCUT2D eigenvalue weighted by atomic mass is 10.1. The van der Waals surface area contributed by atoms with Gasteiger partial charge < -0.3 is 4.42 Å². The first-order valence-corrected chi connectivity index (χ1v) is 10.9. The van der Waals surface area contributed by atoms with Crippen molar-refractivity contribution in [1.29, 1.82) is 0 Å². The van der Waals surface area contributed by atoms with Gasteiger partial charge in [-0.3, -0.25) is 10.0 Å². The van der Waals surface area contributed by atoms with Crippen LogP contribution in [0.1, 0.15) is 34.7 Å². The number of carbonyl (C=O) groups is 1. The SMILES string of the molecule is O=C(NO)c1ccc(Cc2nnc(-c3ccc(S(=O)(=O)N4CCCC4)cc3)o2)cc1. The number of hydrogen-bond acceptors (Lipinski definition) is 7. The van der Waals surface area contributed by atoms with Gasteiger partial charge in [-0.2, -0.15) is 4.31 Å². The van der Waals surface area contributed by atoms with Crippen molar-refractivity contribution < 1.29 is 22.8 Å². The minimum atomic E-state index is -3.46. The van der Waals surface area contributed by atoms with Crippen molar-refractivity contribution >= 4 is 15.9 Å². The molecular formula is C20H20N4O5S. The van der Waals surface area contributed by atoms with E-state index < -0.39 is 15.9 Å². The van der Waals surface area contributed by atoms with Gasteiger partial charge in [-0.15, -0.1) is 10.2 Å². The first-order valence-electron chi connectivity index (χ1n) is 9.44. The minimum absolute atomic E-state index is 0.250. The van der Waals surface area contributed by atoms with Crippen LogP contribution in [0.15, 0.2) is 57.8 Å². The molecule has 1 aliphatic heterocycles. The van der Waals surface area contributed by atoms with E-state index >= 15 is 0 Å². The molecule has 1 aromatic heterocycles. The third-order valence-electron chi connectivity index (χ3n) is 4.94. The Balaban J connectivity index is 1.46. The molecule has 0 aliphatic carbocycles. The number of nitrogens with one attached hydrogen (secondary N) is 1. The number of rotatable bonds is 6. The second kappa shape index (κ2) is 8.34. The number of nitrogens with zero attached hydrogens (tertiary/aromatic N) is 3. The molecule has 9 nitrogen and oxygen atoms in total. The van der Waals surface area contributed by atoms with Crippen molar-refractivity contribution in [2.24, 2.45) is 0 Å². The summed E-state index contributed by atoms with van der Waals surface area (Å²) >= 11 is 0. The van der Waals surface area contributed by atoms with Crippen LogP contribution in [0.5, 0.6) is 0 Å². The van der Waals surface area contributed by atoms with Gasteiger partial charge in [0.15, 0.2) is 0 Å². The molecule has 0 bridgehead atoms. The van der Waals surface area contributed by atoms with E-state index in [9.17, 15) is 13.2 Å². The smallest absolute Gasteiger partial charge is 0.274 e. The zero-order valence-corrected chi connectivity index (χ0v) is 16.8. The number of carbonyl (C=O) groups excluding carboxylic acids is 1. The Labute approximate surface area is 173 Å². The lowest BCUT2D eigenvalue weighted by Crippen LogP contribution is -2.27. The van der Waals surface area contributed by atoms with Crippen LogP contribution in [-0.4, -0.2) is 47.1 Å². The van der Waals surface area contributed by atoms with Crippen molar-refractivity contribution in [3.05, 3.63) is 65.5 Å². The van der Waals surface area contributed by atoms with Crippen LogP contribution < -0.4 is 5.48 Å². The van der Waals surface area contributed by atoms with Crippen molar-refractivity contribution in [2.45, 2.75) is 24.2 Å². The fourth-order valence-corrected chi connectivity index (χ4v) is 4.82. The molecule has 156 valence electrons.